The van der Waals surface area contributed by atoms with Gasteiger partial charge in [-0.2, -0.15) is 0 Å². The number of hydrogen-bond acceptors (Lipinski definition) is 2. The molecule has 0 fully saturated rings. The van der Waals surface area contributed by atoms with Crippen molar-refractivity contribution in [2.45, 2.75) is 13.5 Å². The second-order valence-corrected chi connectivity index (χ2v) is 4.85. The Morgan fingerprint density at radius 3 is 2.41 bits per heavy atom. The minimum absolute atomic E-state index is 0.175. The SMILES string of the molecule is CNC(=O)c1cccc(NC(=O)NCc2ccccc2)c1C. The van der Waals surface area contributed by atoms with Gasteiger partial charge in [0, 0.05) is 24.8 Å². The van der Waals surface area contributed by atoms with E-state index in [-0.39, 0.29) is 11.9 Å². The number of carbonyl (C=O) groups excluding carboxylic acids is 2. The first-order valence-corrected chi connectivity index (χ1v) is 7.02. The molecule has 0 saturated heterocycles. The molecule has 0 aliphatic rings. The van der Waals surface area contributed by atoms with Crippen LogP contribution in [0.2, 0.25) is 0 Å². The average Bonchev–Trinajstić information content (AvgIpc) is 2.55. The number of urea groups is 1. The molecule has 114 valence electrons. The van der Waals surface area contributed by atoms with Crippen LogP contribution in [0.15, 0.2) is 48.5 Å². The summed E-state index contributed by atoms with van der Waals surface area (Å²) in [7, 11) is 1.58. The van der Waals surface area contributed by atoms with Crippen molar-refractivity contribution in [3.8, 4) is 0 Å². The van der Waals surface area contributed by atoms with E-state index < -0.39 is 0 Å². The maximum Gasteiger partial charge on any atom is 0.319 e. The van der Waals surface area contributed by atoms with Crippen molar-refractivity contribution in [2.24, 2.45) is 0 Å². The number of rotatable bonds is 4. The molecule has 0 spiro atoms. The van der Waals surface area contributed by atoms with Crippen LogP contribution in [0.1, 0.15) is 21.5 Å². The molecule has 3 N–H and O–H groups in total. The second kappa shape index (κ2) is 7.26. The van der Waals surface area contributed by atoms with Gasteiger partial charge in [-0.05, 0) is 30.2 Å². The maximum atomic E-state index is 12.0. The summed E-state index contributed by atoms with van der Waals surface area (Å²) in [4.78, 5) is 23.7. The van der Waals surface area contributed by atoms with Gasteiger partial charge < -0.3 is 16.0 Å². The van der Waals surface area contributed by atoms with Crippen LogP contribution in [0.5, 0.6) is 0 Å². The van der Waals surface area contributed by atoms with Gasteiger partial charge in [0.05, 0.1) is 0 Å². The van der Waals surface area contributed by atoms with E-state index in [1.807, 2.05) is 30.3 Å². The molecule has 5 heteroatoms. The first-order chi connectivity index (χ1) is 10.6. The lowest BCUT2D eigenvalue weighted by atomic mass is 10.1. The van der Waals surface area contributed by atoms with Gasteiger partial charge in [0.25, 0.3) is 5.91 Å². The third-order valence-corrected chi connectivity index (χ3v) is 3.35. The van der Waals surface area contributed by atoms with Crippen LogP contribution in [0.4, 0.5) is 10.5 Å². The Bertz CT molecular complexity index is 669. The predicted octanol–water partition coefficient (Wildman–Crippen LogP) is 2.68. The highest BCUT2D eigenvalue weighted by atomic mass is 16.2. The fourth-order valence-corrected chi connectivity index (χ4v) is 2.10. The number of carbonyl (C=O) groups is 2. The van der Waals surface area contributed by atoms with Gasteiger partial charge in [-0.3, -0.25) is 4.79 Å². The van der Waals surface area contributed by atoms with Gasteiger partial charge in [0.1, 0.15) is 0 Å². The minimum Gasteiger partial charge on any atom is -0.355 e. The fraction of sp³-hybridized carbons (Fsp3) is 0.176. The number of nitrogens with one attached hydrogen (secondary N) is 3. The van der Waals surface area contributed by atoms with Crippen molar-refractivity contribution >= 4 is 17.6 Å². The quantitative estimate of drug-likeness (QED) is 0.812. The number of amides is 3. The van der Waals surface area contributed by atoms with Gasteiger partial charge in [-0.25, -0.2) is 4.79 Å². The maximum absolute atomic E-state index is 12.0. The lowest BCUT2D eigenvalue weighted by Gasteiger charge is -2.12. The summed E-state index contributed by atoms with van der Waals surface area (Å²) in [6.45, 7) is 2.25. The van der Waals surface area contributed by atoms with E-state index in [9.17, 15) is 9.59 Å². The van der Waals surface area contributed by atoms with Gasteiger partial charge in [0.15, 0.2) is 0 Å². The van der Waals surface area contributed by atoms with Crippen LogP contribution in [0.3, 0.4) is 0 Å². The summed E-state index contributed by atoms with van der Waals surface area (Å²) >= 11 is 0. The lowest BCUT2D eigenvalue weighted by molar-refractivity contribution is 0.0962. The van der Waals surface area contributed by atoms with Crippen LogP contribution < -0.4 is 16.0 Å². The van der Waals surface area contributed by atoms with Crippen molar-refractivity contribution in [1.29, 1.82) is 0 Å². The van der Waals surface area contributed by atoms with Crippen molar-refractivity contribution in [3.05, 3.63) is 65.2 Å². The molecule has 2 rings (SSSR count). The summed E-state index contributed by atoms with van der Waals surface area (Å²) in [5.74, 6) is -0.175. The molecular formula is C17H19N3O2. The molecule has 5 nitrogen and oxygen atoms in total. The Kier molecular flexibility index (Phi) is 5.14. The van der Waals surface area contributed by atoms with E-state index in [4.69, 9.17) is 0 Å². The topological polar surface area (TPSA) is 70.2 Å². The Balaban J connectivity index is 2.01. The second-order valence-electron chi connectivity index (χ2n) is 4.85. The number of benzene rings is 2. The van der Waals surface area contributed by atoms with Crippen LogP contribution >= 0.6 is 0 Å². The Morgan fingerprint density at radius 1 is 1.00 bits per heavy atom. The third-order valence-electron chi connectivity index (χ3n) is 3.35. The molecule has 0 aliphatic carbocycles. The molecule has 0 aromatic heterocycles. The van der Waals surface area contributed by atoms with Gasteiger partial charge in [-0.1, -0.05) is 36.4 Å². The van der Waals surface area contributed by atoms with Crippen LogP contribution in [-0.4, -0.2) is 19.0 Å². The van der Waals surface area contributed by atoms with Crippen LogP contribution in [-0.2, 0) is 6.54 Å². The highest BCUT2D eigenvalue weighted by Crippen LogP contribution is 2.18. The zero-order chi connectivity index (χ0) is 15.9. The first kappa shape index (κ1) is 15.6. The van der Waals surface area contributed by atoms with E-state index in [0.717, 1.165) is 11.1 Å². The summed E-state index contributed by atoms with van der Waals surface area (Å²) in [5.41, 5.74) is 2.92. The summed E-state index contributed by atoms with van der Waals surface area (Å²) < 4.78 is 0. The van der Waals surface area contributed by atoms with Gasteiger partial charge >= 0.3 is 6.03 Å². The van der Waals surface area contributed by atoms with E-state index in [1.54, 1.807) is 32.2 Å². The standard InChI is InChI=1S/C17H19N3O2/c1-12-14(16(21)18-2)9-6-10-15(12)20-17(22)19-11-13-7-4-3-5-8-13/h3-10H,11H2,1-2H3,(H,18,21)(H2,19,20,22). The fourth-order valence-electron chi connectivity index (χ4n) is 2.10. The third kappa shape index (κ3) is 3.85. The van der Waals surface area contributed by atoms with Crippen LogP contribution in [0, 0.1) is 6.92 Å². The Labute approximate surface area is 129 Å². The van der Waals surface area contributed by atoms with Crippen LogP contribution in [0.25, 0.3) is 0 Å². The first-order valence-electron chi connectivity index (χ1n) is 7.02. The summed E-state index contributed by atoms with van der Waals surface area (Å²) in [5, 5.41) is 8.14. The van der Waals surface area contributed by atoms with Crippen molar-refractivity contribution in [2.75, 3.05) is 12.4 Å². The highest BCUT2D eigenvalue weighted by molar-refractivity contribution is 5.98. The van der Waals surface area contributed by atoms with Gasteiger partial charge in [0.2, 0.25) is 0 Å². The molecule has 0 atom stereocenters. The summed E-state index contributed by atoms with van der Waals surface area (Å²) in [6, 6.07) is 14.6. The molecule has 0 radical (unpaired) electrons. The zero-order valence-electron chi connectivity index (χ0n) is 12.6. The van der Waals surface area contributed by atoms with E-state index in [1.165, 1.54) is 0 Å². The molecule has 0 heterocycles. The molecule has 0 bridgehead atoms. The molecule has 0 saturated carbocycles. The number of anilines is 1. The molecular weight excluding hydrogens is 278 g/mol. The van der Waals surface area contributed by atoms with E-state index in [0.29, 0.717) is 17.8 Å². The normalized spacial score (nSPS) is 9.91. The molecule has 22 heavy (non-hydrogen) atoms. The Morgan fingerprint density at radius 2 is 1.73 bits per heavy atom. The lowest BCUT2D eigenvalue weighted by Crippen LogP contribution is -2.29. The minimum atomic E-state index is -0.305. The average molecular weight is 297 g/mol. The predicted molar refractivity (Wildman–Crippen MR) is 86.9 cm³/mol. The van der Waals surface area contributed by atoms with Crippen molar-refractivity contribution in [3.63, 3.8) is 0 Å². The smallest absolute Gasteiger partial charge is 0.319 e. The highest BCUT2D eigenvalue weighted by Gasteiger charge is 2.11. The molecule has 2 aromatic rings. The molecule has 2 aromatic carbocycles. The van der Waals surface area contributed by atoms with E-state index >= 15 is 0 Å². The molecule has 3 amide bonds. The molecule has 0 unspecified atom stereocenters. The molecule has 0 aliphatic heterocycles. The number of hydrogen-bond donors (Lipinski definition) is 3. The van der Waals surface area contributed by atoms with Crippen molar-refractivity contribution in [1.82, 2.24) is 10.6 Å². The Hall–Kier alpha value is -2.82. The largest absolute Gasteiger partial charge is 0.355 e. The van der Waals surface area contributed by atoms with Crippen molar-refractivity contribution < 1.29 is 9.59 Å². The summed E-state index contributed by atoms with van der Waals surface area (Å²) in [6.07, 6.45) is 0. The van der Waals surface area contributed by atoms with E-state index in [2.05, 4.69) is 16.0 Å². The monoisotopic (exact) mass is 297 g/mol. The zero-order valence-corrected chi connectivity index (χ0v) is 12.6. The van der Waals surface area contributed by atoms with Gasteiger partial charge in [-0.15, -0.1) is 0 Å².